The number of aromatic nitrogens is 2. The predicted octanol–water partition coefficient (Wildman–Crippen LogP) is 8.22. The number of anilines is 1. The van der Waals surface area contributed by atoms with Gasteiger partial charge in [-0.25, -0.2) is 9.48 Å². The Hall–Kier alpha value is -3.54. The summed E-state index contributed by atoms with van der Waals surface area (Å²) in [5, 5.41) is 14.3. The van der Waals surface area contributed by atoms with Gasteiger partial charge in [0.1, 0.15) is 28.6 Å². The molecule has 214 valence electrons. The number of methoxy groups -OCH3 is 1. The third-order valence-corrected chi connectivity index (χ3v) is 7.92. The zero-order valence-electron chi connectivity index (χ0n) is 20.6. The van der Waals surface area contributed by atoms with Gasteiger partial charge >= 0.3 is 22.3 Å². The van der Waals surface area contributed by atoms with E-state index in [4.69, 9.17) is 32.7 Å². The van der Waals surface area contributed by atoms with Crippen molar-refractivity contribution >= 4 is 51.3 Å². The Morgan fingerprint density at radius 2 is 1.70 bits per heavy atom. The van der Waals surface area contributed by atoms with Crippen LogP contribution in [-0.4, -0.2) is 29.0 Å². The Morgan fingerprint density at radius 3 is 2.17 bits per heavy atom. The van der Waals surface area contributed by atoms with Crippen molar-refractivity contribution in [2.45, 2.75) is 36.2 Å². The van der Waals surface area contributed by atoms with E-state index in [0.717, 1.165) is 7.11 Å². The van der Waals surface area contributed by atoms with Gasteiger partial charge in [0.2, 0.25) is 0 Å². The molecule has 0 radical (unpaired) electrons. The number of halogens is 7. The minimum absolute atomic E-state index is 0.0372. The van der Waals surface area contributed by atoms with Crippen LogP contribution in [0.3, 0.4) is 0 Å². The van der Waals surface area contributed by atoms with Crippen molar-refractivity contribution in [3.63, 3.8) is 0 Å². The minimum atomic E-state index is -10.2. The fourth-order valence-electron chi connectivity index (χ4n) is 4.15. The Balaban J connectivity index is 1.88. The van der Waals surface area contributed by atoms with Crippen LogP contribution in [0.1, 0.15) is 42.7 Å². The molecular formula is C24H19Cl2F5N4O4S. The van der Waals surface area contributed by atoms with Crippen LogP contribution in [0, 0.1) is 11.3 Å². The summed E-state index contributed by atoms with van der Waals surface area (Å²) >= 11 is 12.0. The van der Waals surface area contributed by atoms with Gasteiger partial charge in [0.15, 0.2) is 5.69 Å². The van der Waals surface area contributed by atoms with Crippen molar-refractivity contribution in [1.82, 2.24) is 9.78 Å². The largest absolute Gasteiger partial charge is 0.468 e. The average Bonchev–Trinajstić information content (AvgIpc) is 3.59. The molecule has 1 amide bonds. The fourth-order valence-corrected chi connectivity index (χ4v) is 5.61. The zero-order valence-corrected chi connectivity index (χ0v) is 22.9. The summed E-state index contributed by atoms with van der Waals surface area (Å²) in [5.41, 5.74) is -1.93. The molecule has 0 bridgehead atoms. The summed E-state index contributed by atoms with van der Waals surface area (Å²) in [5.74, 6) is -1.17. The lowest BCUT2D eigenvalue weighted by atomic mass is 9.95. The van der Waals surface area contributed by atoms with Gasteiger partial charge in [0, 0.05) is 0 Å². The zero-order chi connectivity index (χ0) is 29.7. The molecule has 0 spiro atoms. The second-order valence-electron chi connectivity index (χ2n) is 8.96. The number of carbonyl (C=O) groups is 2. The van der Waals surface area contributed by atoms with Gasteiger partial charge in [0.05, 0.1) is 28.1 Å². The maximum atomic E-state index is 13.5. The molecule has 1 fully saturated rings. The van der Waals surface area contributed by atoms with Gasteiger partial charge in [-0.3, -0.25) is 10.1 Å². The van der Waals surface area contributed by atoms with E-state index in [2.05, 4.69) is 10.4 Å². The van der Waals surface area contributed by atoms with E-state index in [1.54, 1.807) is 43.3 Å². The Kier molecular flexibility index (Phi) is 6.81. The lowest BCUT2D eigenvalue weighted by Gasteiger charge is -2.40. The topological polar surface area (TPSA) is 106 Å². The lowest BCUT2D eigenvalue weighted by molar-refractivity contribution is -0.143. The second-order valence-corrected chi connectivity index (χ2v) is 12.2. The van der Waals surface area contributed by atoms with Crippen LogP contribution in [0.25, 0.3) is 5.69 Å². The normalized spacial score (nSPS) is 16.6. The number of esters is 1. The molecule has 16 heteroatoms. The van der Waals surface area contributed by atoms with Crippen LogP contribution in [-0.2, 0) is 19.7 Å². The molecule has 8 nitrogen and oxygen atoms in total. The third kappa shape index (κ3) is 5.54. The molecule has 1 atom stereocenters. The highest BCUT2D eigenvalue weighted by molar-refractivity contribution is 8.45. The van der Waals surface area contributed by atoms with Crippen molar-refractivity contribution in [3.8, 4) is 11.8 Å². The summed E-state index contributed by atoms with van der Waals surface area (Å²) in [6.45, 7) is 1.57. The molecule has 2 aromatic carbocycles. The molecule has 1 aliphatic rings. The molecule has 3 aromatic rings. The summed E-state index contributed by atoms with van der Waals surface area (Å²) in [6.07, 6.45) is -1.53. The first-order chi connectivity index (χ1) is 18.4. The van der Waals surface area contributed by atoms with Crippen molar-refractivity contribution in [3.05, 3.63) is 69.3 Å². The number of nitrogens with zero attached hydrogens (tertiary/aromatic N) is 3. The highest BCUT2D eigenvalue weighted by Gasteiger charge is 2.66. The van der Waals surface area contributed by atoms with Crippen LogP contribution in [0.15, 0.2) is 47.4 Å². The summed E-state index contributed by atoms with van der Waals surface area (Å²) in [4.78, 5) is 23.3. The molecule has 4 rings (SSSR count). The van der Waals surface area contributed by atoms with Gasteiger partial charge in [-0.1, -0.05) is 73.0 Å². The minimum Gasteiger partial charge on any atom is -0.468 e. The molecule has 0 saturated heterocycles. The Morgan fingerprint density at radius 1 is 1.12 bits per heavy atom. The van der Waals surface area contributed by atoms with E-state index in [9.17, 15) is 34.3 Å². The van der Waals surface area contributed by atoms with Crippen molar-refractivity contribution in [2.75, 3.05) is 12.4 Å². The molecule has 1 heterocycles. The SMILES string of the molecule is COC(=O)C1(c2c(C#N)nn(-c3c(Cl)cc(S(F)(F)(F)(F)F)cc3Cl)c2NC(=O)OC(C)c2ccccc2)CC1. The van der Waals surface area contributed by atoms with Gasteiger partial charge < -0.3 is 9.47 Å². The number of nitrogens with one attached hydrogen (secondary N) is 1. The molecule has 1 aromatic heterocycles. The standard InChI is InChI=1S/C24H19Cl2F5N4O4S/c1-13(14-6-4-3-5-7-14)39-23(37)33-21-19(24(8-9-24)22(36)38-2)18(12-32)34-35(21)20-16(25)10-15(11-17(20)26)40(27,28,29,30)31/h3-7,10-11,13H,8-9H2,1-2H3,(H,33,37). The van der Waals surface area contributed by atoms with Crippen LogP contribution >= 0.6 is 33.4 Å². The van der Waals surface area contributed by atoms with E-state index in [1.807, 2.05) is 0 Å². The van der Waals surface area contributed by atoms with E-state index in [1.165, 1.54) is 0 Å². The molecule has 1 aliphatic carbocycles. The second kappa shape index (κ2) is 9.25. The van der Waals surface area contributed by atoms with Crippen LogP contribution in [0.4, 0.5) is 30.0 Å². The number of rotatable bonds is 7. The molecule has 1 unspecified atom stereocenters. The highest BCUT2D eigenvalue weighted by Crippen LogP contribution is 3.02. The third-order valence-electron chi connectivity index (χ3n) is 6.22. The summed E-state index contributed by atoms with van der Waals surface area (Å²) in [6, 6.07) is 10.3. The molecule has 40 heavy (non-hydrogen) atoms. The van der Waals surface area contributed by atoms with Crippen LogP contribution in [0.5, 0.6) is 0 Å². The van der Waals surface area contributed by atoms with E-state index in [-0.39, 0.29) is 30.5 Å². The highest BCUT2D eigenvalue weighted by atomic mass is 35.5. The van der Waals surface area contributed by atoms with Gasteiger partial charge in [-0.2, -0.15) is 10.4 Å². The van der Waals surface area contributed by atoms with Gasteiger partial charge in [-0.15, -0.1) is 0 Å². The average molecular weight is 625 g/mol. The van der Waals surface area contributed by atoms with E-state index >= 15 is 0 Å². The van der Waals surface area contributed by atoms with Crippen LogP contribution in [0.2, 0.25) is 10.0 Å². The van der Waals surface area contributed by atoms with E-state index in [0.29, 0.717) is 10.2 Å². The monoisotopic (exact) mass is 624 g/mol. The lowest BCUT2D eigenvalue weighted by Crippen LogP contribution is -2.26. The number of hydrogen-bond acceptors (Lipinski definition) is 6. The van der Waals surface area contributed by atoms with Crippen molar-refractivity contribution in [2.24, 2.45) is 0 Å². The molecular weight excluding hydrogens is 606 g/mol. The Bertz CT molecular complexity index is 1550. The van der Waals surface area contributed by atoms with E-state index < -0.39 is 65.9 Å². The maximum absolute atomic E-state index is 13.5. The molecule has 1 N–H and O–H groups in total. The van der Waals surface area contributed by atoms with Gasteiger partial charge in [0.25, 0.3) is 0 Å². The smallest absolute Gasteiger partial charge is 0.413 e. The molecule has 1 saturated carbocycles. The number of carbonyl (C=O) groups excluding carboxylic acids is 2. The maximum Gasteiger partial charge on any atom is 0.413 e. The summed E-state index contributed by atoms with van der Waals surface area (Å²) < 4.78 is 78.3. The van der Waals surface area contributed by atoms with Crippen molar-refractivity contribution in [1.29, 1.82) is 5.26 Å². The molecule has 0 aliphatic heterocycles. The predicted molar refractivity (Wildman–Crippen MR) is 138 cm³/mol. The number of ether oxygens (including phenoxy) is 2. The number of nitriles is 1. The number of benzene rings is 2. The fraction of sp³-hybridized carbons (Fsp3) is 0.250. The van der Waals surface area contributed by atoms with Crippen LogP contribution < -0.4 is 5.32 Å². The first kappa shape index (κ1) is 29.4. The summed E-state index contributed by atoms with van der Waals surface area (Å²) in [7, 11) is -9.08. The first-order valence-electron chi connectivity index (χ1n) is 11.3. The van der Waals surface area contributed by atoms with Gasteiger partial charge in [-0.05, 0) is 37.5 Å². The first-order valence-corrected chi connectivity index (χ1v) is 14.0. The van der Waals surface area contributed by atoms with Crippen molar-refractivity contribution < 1.29 is 38.5 Å². The number of amides is 1. The quantitative estimate of drug-likeness (QED) is 0.210. The number of hydrogen-bond donors (Lipinski definition) is 1. The Labute approximate surface area is 234 Å².